The summed E-state index contributed by atoms with van der Waals surface area (Å²) in [6.45, 7) is 4.29. The number of hydrogen-bond donors (Lipinski definition) is 0. The second-order valence-corrected chi connectivity index (χ2v) is 2.40. The Bertz CT molecular complexity index is 184. The highest BCUT2D eigenvalue weighted by molar-refractivity contribution is 5.06. The summed E-state index contributed by atoms with van der Waals surface area (Å²) < 4.78 is 0. The van der Waals surface area contributed by atoms with E-state index in [1.54, 1.807) is 0 Å². The highest BCUT2D eigenvalue weighted by Crippen LogP contribution is 2.14. The van der Waals surface area contributed by atoms with E-state index in [0.717, 1.165) is 12.0 Å². The van der Waals surface area contributed by atoms with Crippen molar-refractivity contribution in [1.82, 2.24) is 9.97 Å². The van der Waals surface area contributed by atoms with Crippen molar-refractivity contribution in [2.75, 3.05) is 0 Å². The molecule has 0 N–H and O–H groups in total. The zero-order valence-electron chi connectivity index (χ0n) is 6.33. The number of aromatic nitrogens is 2. The standard InChI is InChI=1S/C8H11N2/c1-3-7(2)8-4-9-6-10-5-8/h4,6-7H,3H2,1-2H3. The van der Waals surface area contributed by atoms with Crippen LogP contribution in [0.3, 0.4) is 0 Å². The Balaban J connectivity index is 2.75. The van der Waals surface area contributed by atoms with E-state index < -0.39 is 0 Å². The Morgan fingerprint density at radius 3 is 3.00 bits per heavy atom. The molecule has 0 amide bonds. The van der Waals surface area contributed by atoms with Crippen molar-refractivity contribution < 1.29 is 0 Å². The Kier molecular flexibility index (Phi) is 2.37. The van der Waals surface area contributed by atoms with E-state index in [2.05, 4.69) is 30.0 Å². The van der Waals surface area contributed by atoms with Gasteiger partial charge in [-0.1, -0.05) is 13.8 Å². The van der Waals surface area contributed by atoms with E-state index in [0.29, 0.717) is 5.92 Å². The molecule has 1 heterocycles. The molecule has 10 heavy (non-hydrogen) atoms. The second-order valence-electron chi connectivity index (χ2n) is 2.40. The van der Waals surface area contributed by atoms with Crippen LogP contribution in [0.1, 0.15) is 31.7 Å². The maximum atomic E-state index is 3.91. The molecule has 1 atom stereocenters. The van der Waals surface area contributed by atoms with Crippen molar-refractivity contribution >= 4 is 0 Å². The van der Waals surface area contributed by atoms with Crippen LogP contribution >= 0.6 is 0 Å². The molecular formula is C8H11N2. The number of nitrogens with zero attached hydrogens (tertiary/aromatic N) is 2. The van der Waals surface area contributed by atoms with Gasteiger partial charge in [0.15, 0.2) is 0 Å². The van der Waals surface area contributed by atoms with Gasteiger partial charge in [-0.25, -0.2) is 9.97 Å². The predicted octanol–water partition coefficient (Wildman–Crippen LogP) is 1.79. The minimum atomic E-state index is 0.529. The molecule has 0 aliphatic carbocycles. The van der Waals surface area contributed by atoms with Crippen molar-refractivity contribution in [3.05, 3.63) is 24.3 Å². The van der Waals surface area contributed by atoms with E-state index in [-0.39, 0.29) is 0 Å². The van der Waals surface area contributed by atoms with Gasteiger partial charge in [0, 0.05) is 11.8 Å². The minimum absolute atomic E-state index is 0.529. The fourth-order valence-electron chi connectivity index (χ4n) is 0.737. The van der Waals surface area contributed by atoms with Gasteiger partial charge in [-0.15, -0.1) is 0 Å². The highest BCUT2D eigenvalue weighted by atomic mass is 14.8. The van der Waals surface area contributed by atoms with E-state index in [4.69, 9.17) is 0 Å². The third-order valence-electron chi connectivity index (χ3n) is 1.67. The van der Waals surface area contributed by atoms with Crippen LogP contribution < -0.4 is 0 Å². The first kappa shape index (κ1) is 7.19. The molecule has 0 saturated heterocycles. The Labute approximate surface area is 61.3 Å². The van der Waals surface area contributed by atoms with Gasteiger partial charge in [-0.3, -0.25) is 0 Å². The van der Waals surface area contributed by atoms with Crippen LogP contribution in [0.5, 0.6) is 0 Å². The molecule has 0 aliphatic heterocycles. The second kappa shape index (κ2) is 3.30. The average molecular weight is 135 g/mol. The molecule has 2 heteroatoms. The SMILES string of the molecule is CCC(C)c1[c]ncnc1. The first-order chi connectivity index (χ1) is 4.84. The molecule has 1 aromatic heterocycles. The third kappa shape index (κ3) is 1.53. The molecule has 53 valence electrons. The summed E-state index contributed by atoms with van der Waals surface area (Å²) in [6, 6.07) is 0. The lowest BCUT2D eigenvalue weighted by Crippen LogP contribution is -1.92. The molecule has 1 unspecified atom stereocenters. The van der Waals surface area contributed by atoms with Crippen LogP contribution in [0.25, 0.3) is 0 Å². The van der Waals surface area contributed by atoms with Crippen molar-refractivity contribution in [3.8, 4) is 0 Å². The monoisotopic (exact) mass is 135 g/mol. The lowest BCUT2D eigenvalue weighted by atomic mass is 10.0. The van der Waals surface area contributed by atoms with E-state index in [1.165, 1.54) is 6.33 Å². The predicted molar refractivity (Wildman–Crippen MR) is 39.6 cm³/mol. The molecule has 0 fully saturated rings. The highest BCUT2D eigenvalue weighted by Gasteiger charge is 2.01. The van der Waals surface area contributed by atoms with Gasteiger partial charge in [-0.2, -0.15) is 0 Å². The first-order valence-corrected chi connectivity index (χ1v) is 3.52. The third-order valence-corrected chi connectivity index (χ3v) is 1.67. The first-order valence-electron chi connectivity index (χ1n) is 3.52. The van der Waals surface area contributed by atoms with Gasteiger partial charge in [0.05, 0.1) is 6.20 Å². The largest absolute Gasteiger partial charge is 0.244 e. The molecule has 0 saturated carbocycles. The van der Waals surface area contributed by atoms with Gasteiger partial charge < -0.3 is 0 Å². The van der Waals surface area contributed by atoms with Crippen LogP contribution in [-0.4, -0.2) is 9.97 Å². The van der Waals surface area contributed by atoms with Crippen LogP contribution in [-0.2, 0) is 0 Å². The molecule has 0 aromatic carbocycles. The summed E-state index contributed by atoms with van der Waals surface area (Å²) in [6.07, 6.45) is 7.35. The van der Waals surface area contributed by atoms with Gasteiger partial charge in [-0.05, 0) is 12.3 Å². The van der Waals surface area contributed by atoms with Crippen LogP contribution in [0, 0.1) is 6.20 Å². The maximum Gasteiger partial charge on any atom is 0.116 e. The van der Waals surface area contributed by atoms with Crippen molar-refractivity contribution in [2.45, 2.75) is 26.2 Å². The lowest BCUT2D eigenvalue weighted by molar-refractivity contribution is 0.722. The Morgan fingerprint density at radius 1 is 1.70 bits per heavy atom. The van der Waals surface area contributed by atoms with Crippen molar-refractivity contribution in [1.29, 1.82) is 0 Å². The smallest absolute Gasteiger partial charge is 0.116 e. The average Bonchev–Trinajstić information content (AvgIpc) is 2.05. The van der Waals surface area contributed by atoms with Crippen LogP contribution in [0.2, 0.25) is 0 Å². The van der Waals surface area contributed by atoms with Gasteiger partial charge >= 0.3 is 0 Å². The number of rotatable bonds is 2. The molecule has 0 spiro atoms. The summed E-state index contributed by atoms with van der Waals surface area (Å²) in [5.41, 5.74) is 1.10. The topological polar surface area (TPSA) is 25.8 Å². The van der Waals surface area contributed by atoms with Gasteiger partial charge in [0.1, 0.15) is 6.33 Å². The van der Waals surface area contributed by atoms with Gasteiger partial charge in [0.2, 0.25) is 0 Å². The Morgan fingerprint density at radius 2 is 2.50 bits per heavy atom. The van der Waals surface area contributed by atoms with E-state index >= 15 is 0 Å². The van der Waals surface area contributed by atoms with Crippen molar-refractivity contribution in [2.24, 2.45) is 0 Å². The van der Waals surface area contributed by atoms with E-state index in [1.807, 2.05) is 6.20 Å². The molecule has 2 nitrogen and oxygen atoms in total. The molecule has 0 aliphatic rings. The van der Waals surface area contributed by atoms with Gasteiger partial charge in [0.25, 0.3) is 0 Å². The summed E-state index contributed by atoms with van der Waals surface area (Å²) in [5.74, 6) is 0.529. The van der Waals surface area contributed by atoms with Crippen molar-refractivity contribution in [3.63, 3.8) is 0 Å². The van der Waals surface area contributed by atoms with E-state index in [9.17, 15) is 0 Å². The molecule has 1 aromatic rings. The molecule has 0 bridgehead atoms. The normalized spacial score (nSPS) is 13.0. The quantitative estimate of drug-likeness (QED) is 0.617. The fraction of sp³-hybridized carbons (Fsp3) is 0.500. The fourth-order valence-corrected chi connectivity index (χ4v) is 0.737. The molecule has 1 rings (SSSR count). The summed E-state index contributed by atoms with van der Waals surface area (Å²) in [4.78, 5) is 7.73. The zero-order valence-corrected chi connectivity index (χ0v) is 6.33. The number of hydrogen-bond acceptors (Lipinski definition) is 2. The summed E-state index contributed by atoms with van der Waals surface area (Å²) >= 11 is 0. The minimum Gasteiger partial charge on any atom is -0.244 e. The zero-order chi connectivity index (χ0) is 7.40. The molecular weight excluding hydrogens is 124 g/mol. The summed E-state index contributed by atoms with van der Waals surface area (Å²) in [7, 11) is 0. The maximum absolute atomic E-state index is 3.91. The lowest BCUT2D eigenvalue weighted by Gasteiger charge is -2.04. The molecule has 1 radical (unpaired) electrons. The Hall–Kier alpha value is -0.920. The summed E-state index contributed by atoms with van der Waals surface area (Å²) in [5, 5.41) is 0. The van der Waals surface area contributed by atoms with Crippen LogP contribution in [0.4, 0.5) is 0 Å². The van der Waals surface area contributed by atoms with Crippen LogP contribution in [0.15, 0.2) is 12.5 Å².